The Hall–Kier alpha value is -2.07. The number of hydrogen-bond acceptors (Lipinski definition) is 3. The molecule has 0 aromatic heterocycles. The quantitative estimate of drug-likeness (QED) is 0.519. The summed E-state index contributed by atoms with van der Waals surface area (Å²) in [5.74, 6) is 0. The van der Waals surface area contributed by atoms with Gasteiger partial charge in [0.15, 0.2) is 0 Å². The van der Waals surface area contributed by atoms with Gasteiger partial charge in [-0.2, -0.15) is 0 Å². The van der Waals surface area contributed by atoms with Crippen molar-refractivity contribution < 1.29 is 0 Å². The van der Waals surface area contributed by atoms with Crippen LogP contribution < -0.4 is 5.32 Å². The molecule has 3 rings (SSSR count). The lowest BCUT2D eigenvalue weighted by atomic mass is 10.1. The van der Waals surface area contributed by atoms with Gasteiger partial charge in [0.25, 0.3) is 0 Å². The summed E-state index contributed by atoms with van der Waals surface area (Å²) in [4.78, 5) is 1.27. The van der Waals surface area contributed by atoms with E-state index in [2.05, 4.69) is 109 Å². The standard InChI is InChI=1S/C23H26N2S/c1-19(22-13-7-4-8-14-22)25(2)26-23-15-9-12-21(16-23)18-24-17-20-10-5-3-6-11-20/h3-16,19,24H,17-18H2,1-2H3. The summed E-state index contributed by atoms with van der Waals surface area (Å²) < 4.78 is 2.31. The van der Waals surface area contributed by atoms with Gasteiger partial charge >= 0.3 is 0 Å². The predicted molar refractivity (Wildman–Crippen MR) is 112 cm³/mol. The highest BCUT2D eigenvalue weighted by Gasteiger charge is 2.12. The van der Waals surface area contributed by atoms with Crippen LogP contribution in [-0.4, -0.2) is 11.4 Å². The van der Waals surface area contributed by atoms with Crippen LogP contribution in [0.25, 0.3) is 0 Å². The smallest absolute Gasteiger partial charge is 0.0424 e. The first kappa shape index (κ1) is 18.7. The number of hydrogen-bond donors (Lipinski definition) is 1. The highest BCUT2D eigenvalue weighted by Crippen LogP contribution is 2.30. The van der Waals surface area contributed by atoms with Gasteiger partial charge in [0.2, 0.25) is 0 Å². The molecule has 0 saturated carbocycles. The van der Waals surface area contributed by atoms with Gasteiger partial charge in [0.1, 0.15) is 0 Å². The molecule has 26 heavy (non-hydrogen) atoms. The number of nitrogens with zero attached hydrogens (tertiary/aromatic N) is 1. The molecule has 0 aliphatic heterocycles. The van der Waals surface area contributed by atoms with Gasteiger partial charge in [0.05, 0.1) is 0 Å². The van der Waals surface area contributed by atoms with Crippen LogP contribution in [-0.2, 0) is 13.1 Å². The molecule has 0 bridgehead atoms. The van der Waals surface area contributed by atoms with E-state index < -0.39 is 0 Å². The topological polar surface area (TPSA) is 15.3 Å². The molecule has 0 heterocycles. The summed E-state index contributed by atoms with van der Waals surface area (Å²) in [6.07, 6.45) is 0. The van der Waals surface area contributed by atoms with Crippen molar-refractivity contribution in [1.82, 2.24) is 9.62 Å². The first-order chi connectivity index (χ1) is 12.7. The zero-order valence-electron chi connectivity index (χ0n) is 15.4. The van der Waals surface area contributed by atoms with Crippen molar-refractivity contribution in [2.24, 2.45) is 0 Å². The van der Waals surface area contributed by atoms with E-state index in [9.17, 15) is 0 Å². The molecule has 1 atom stereocenters. The lowest BCUT2D eigenvalue weighted by Gasteiger charge is -2.24. The fourth-order valence-electron chi connectivity index (χ4n) is 2.85. The third-order valence-electron chi connectivity index (χ3n) is 4.48. The second-order valence-electron chi connectivity index (χ2n) is 6.46. The van der Waals surface area contributed by atoms with Crippen LogP contribution in [0.3, 0.4) is 0 Å². The van der Waals surface area contributed by atoms with Gasteiger partial charge in [-0.1, -0.05) is 72.8 Å². The zero-order valence-corrected chi connectivity index (χ0v) is 16.2. The van der Waals surface area contributed by atoms with E-state index in [4.69, 9.17) is 0 Å². The third-order valence-corrected chi connectivity index (χ3v) is 5.55. The van der Waals surface area contributed by atoms with Gasteiger partial charge in [0, 0.05) is 24.0 Å². The van der Waals surface area contributed by atoms with E-state index in [1.54, 1.807) is 11.9 Å². The molecule has 3 aromatic carbocycles. The van der Waals surface area contributed by atoms with E-state index in [0.29, 0.717) is 6.04 Å². The normalized spacial score (nSPS) is 12.3. The molecule has 3 heteroatoms. The summed E-state index contributed by atoms with van der Waals surface area (Å²) in [6, 6.07) is 30.3. The summed E-state index contributed by atoms with van der Waals surface area (Å²) in [5, 5.41) is 3.52. The van der Waals surface area contributed by atoms with Crippen molar-refractivity contribution in [3.8, 4) is 0 Å². The maximum atomic E-state index is 3.52. The Balaban J connectivity index is 1.55. The highest BCUT2D eigenvalue weighted by molar-refractivity contribution is 7.97. The molecule has 2 nitrogen and oxygen atoms in total. The van der Waals surface area contributed by atoms with Gasteiger partial charge in [-0.25, -0.2) is 4.31 Å². The lowest BCUT2D eigenvalue weighted by Crippen LogP contribution is -2.15. The molecule has 3 aromatic rings. The maximum Gasteiger partial charge on any atom is 0.0424 e. The Bertz CT molecular complexity index is 790. The van der Waals surface area contributed by atoms with Crippen LogP contribution >= 0.6 is 11.9 Å². The second-order valence-corrected chi connectivity index (χ2v) is 7.69. The maximum absolute atomic E-state index is 3.52. The molecule has 0 saturated heterocycles. The van der Waals surface area contributed by atoms with Crippen molar-refractivity contribution in [3.05, 3.63) is 102 Å². The zero-order chi connectivity index (χ0) is 18.2. The Morgan fingerprint density at radius 2 is 1.42 bits per heavy atom. The van der Waals surface area contributed by atoms with E-state index in [1.165, 1.54) is 21.6 Å². The van der Waals surface area contributed by atoms with Crippen LogP contribution in [0.15, 0.2) is 89.8 Å². The Kier molecular flexibility index (Phi) is 6.89. The summed E-state index contributed by atoms with van der Waals surface area (Å²) >= 11 is 1.80. The first-order valence-corrected chi connectivity index (χ1v) is 9.79. The minimum absolute atomic E-state index is 0.362. The van der Waals surface area contributed by atoms with Crippen molar-refractivity contribution in [2.45, 2.75) is 31.0 Å². The van der Waals surface area contributed by atoms with Gasteiger partial charge in [-0.05, 0) is 54.7 Å². The molecule has 134 valence electrons. The molecule has 0 aliphatic rings. The van der Waals surface area contributed by atoms with Crippen LogP contribution in [0.1, 0.15) is 29.7 Å². The SMILES string of the molecule is CC(c1ccccc1)N(C)Sc1cccc(CNCc2ccccc2)c1. The molecular formula is C23H26N2S. The molecule has 0 aliphatic carbocycles. The molecule has 1 unspecified atom stereocenters. The monoisotopic (exact) mass is 362 g/mol. The number of rotatable bonds is 8. The van der Waals surface area contributed by atoms with Crippen molar-refractivity contribution in [3.63, 3.8) is 0 Å². The number of benzene rings is 3. The van der Waals surface area contributed by atoms with E-state index in [1.807, 2.05) is 0 Å². The fourth-order valence-corrected chi connectivity index (χ4v) is 3.80. The third kappa shape index (κ3) is 5.46. The largest absolute Gasteiger partial charge is 0.309 e. The molecule has 0 radical (unpaired) electrons. The highest BCUT2D eigenvalue weighted by atomic mass is 32.2. The summed E-state index contributed by atoms with van der Waals surface area (Å²) in [6.45, 7) is 4.01. The molecule has 0 amide bonds. The first-order valence-electron chi connectivity index (χ1n) is 9.02. The van der Waals surface area contributed by atoms with Gasteiger partial charge < -0.3 is 5.32 Å². The van der Waals surface area contributed by atoms with Crippen LogP contribution in [0, 0.1) is 0 Å². The molecule has 1 N–H and O–H groups in total. The Labute approximate surface area is 161 Å². The van der Waals surface area contributed by atoms with Gasteiger partial charge in [-0.15, -0.1) is 0 Å². The van der Waals surface area contributed by atoms with Crippen molar-refractivity contribution in [1.29, 1.82) is 0 Å². The van der Waals surface area contributed by atoms with Crippen molar-refractivity contribution >= 4 is 11.9 Å². The minimum atomic E-state index is 0.362. The average Bonchev–Trinajstić information content (AvgIpc) is 2.69. The predicted octanol–water partition coefficient (Wildman–Crippen LogP) is 5.68. The van der Waals surface area contributed by atoms with E-state index in [0.717, 1.165) is 13.1 Å². The lowest BCUT2D eigenvalue weighted by molar-refractivity contribution is 0.453. The molecule has 0 spiro atoms. The number of nitrogens with one attached hydrogen (secondary N) is 1. The second kappa shape index (κ2) is 9.58. The minimum Gasteiger partial charge on any atom is -0.309 e. The molecular weight excluding hydrogens is 336 g/mol. The van der Waals surface area contributed by atoms with Crippen LogP contribution in [0.5, 0.6) is 0 Å². The Morgan fingerprint density at radius 3 is 2.15 bits per heavy atom. The average molecular weight is 363 g/mol. The summed E-state index contributed by atoms with van der Waals surface area (Å²) in [7, 11) is 2.16. The van der Waals surface area contributed by atoms with Crippen molar-refractivity contribution in [2.75, 3.05) is 7.05 Å². The van der Waals surface area contributed by atoms with E-state index >= 15 is 0 Å². The van der Waals surface area contributed by atoms with Crippen LogP contribution in [0.2, 0.25) is 0 Å². The van der Waals surface area contributed by atoms with Crippen LogP contribution in [0.4, 0.5) is 0 Å². The molecule has 0 fully saturated rings. The summed E-state index contributed by atoms with van der Waals surface area (Å²) in [5.41, 5.74) is 3.96. The van der Waals surface area contributed by atoms with Gasteiger partial charge in [-0.3, -0.25) is 0 Å². The van der Waals surface area contributed by atoms with E-state index in [-0.39, 0.29) is 0 Å². The Morgan fingerprint density at radius 1 is 0.808 bits per heavy atom. The fraction of sp³-hybridized carbons (Fsp3) is 0.217.